The van der Waals surface area contributed by atoms with E-state index in [-0.39, 0.29) is 19.1 Å². The van der Waals surface area contributed by atoms with Crippen molar-refractivity contribution in [2.45, 2.75) is 25.2 Å². The molecule has 1 N–H and O–H groups in total. The van der Waals surface area contributed by atoms with Crippen LogP contribution < -0.4 is 9.47 Å². The summed E-state index contributed by atoms with van der Waals surface area (Å²) >= 11 is 0. The van der Waals surface area contributed by atoms with E-state index in [1.807, 2.05) is 12.1 Å². The molecule has 1 aliphatic heterocycles. The van der Waals surface area contributed by atoms with Gasteiger partial charge in [0.25, 0.3) is 0 Å². The molecule has 0 aromatic heterocycles. The van der Waals surface area contributed by atoms with Crippen molar-refractivity contribution in [3.63, 3.8) is 0 Å². The Morgan fingerprint density at radius 2 is 2.05 bits per heavy atom. The maximum atomic E-state index is 11.0. The number of hydrogen-bond donors (Lipinski definition) is 1. The number of methoxy groups -OCH3 is 2. The molecule has 1 fully saturated rings. The molecule has 1 heterocycles. The number of ether oxygens (including phenoxy) is 4. The lowest BCUT2D eigenvalue weighted by Gasteiger charge is -2.12. The number of aliphatic hydroxyl groups excluding tert-OH is 1. The monoisotopic (exact) mass is 282 g/mol. The van der Waals surface area contributed by atoms with Crippen LogP contribution in [0.5, 0.6) is 11.5 Å². The van der Waals surface area contributed by atoms with E-state index in [2.05, 4.69) is 0 Å². The Labute approximate surface area is 117 Å². The van der Waals surface area contributed by atoms with Crippen LogP contribution in [0.3, 0.4) is 0 Å². The number of cyclic esters (lactones) is 1. The smallest absolute Gasteiger partial charge is 0.335 e. The van der Waals surface area contributed by atoms with Crippen LogP contribution in [0.15, 0.2) is 18.2 Å². The van der Waals surface area contributed by atoms with Crippen LogP contribution in [0.1, 0.15) is 12.0 Å². The average Bonchev–Trinajstić information content (AvgIpc) is 2.77. The van der Waals surface area contributed by atoms with Crippen molar-refractivity contribution in [2.24, 2.45) is 0 Å². The average molecular weight is 282 g/mol. The van der Waals surface area contributed by atoms with Gasteiger partial charge in [-0.2, -0.15) is 0 Å². The van der Waals surface area contributed by atoms with Crippen molar-refractivity contribution >= 4 is 5.97 Å². The van der Waals surface area contributed by atoms with Gasteiger partial charge >= 0.3 is 5.97 Å². The van der Waals surface area contributed by atoms with Gasteiger partial charge in [0.05, 0.1) is 27.4 Å². The molecule has 1 aromatic rings. The standard InChI is InChI=1S/C14H18O6/c1-17-12-4-3-9(5-13(12)18-2)7-19-8-10-6-11(15)14(16)20-10/h3-5,10-11,15H,6-8H2,1-2H3. The second-order valence-corrected chi connectivity index (χ2v) is 4.51. The summed E-state index contributed by atoms with van der Waals surface area (Å²) in [6.07, 6.45) is -1.12. The van der Waals surface area contributed by atoms with Crippen molar-refractivity contribution in [1.82, 2.24) is 0 Å². The lowest BCUT2D eigenvalue weighted by molar-refractivity contribution is -0.149. The molecular formula is C14H18O6. The Morgan fingerprint density at radius 1 is 1.30 bits per heavy atom. The number of carbonyl (C=O) groups is 1. The lowest BCUT2D eigenvalue weighted by atomic mass is 10.2. The molecule has 0 saturated carbocycles. The normalized spacial score (nSPS) is 21.6. The Kier molecular flexibility index (Phi) is 4.81. The highest BCUT2D eigenvalue weighted by atomic mass is 16.6. The molecule has 0 spiro atoms. The van der Waals surface area contributed by atoms with Gasteiger partial charge in [0.15, 0.2) is 17.6 Å². The predicted octanol–water partition coefficient (Wildman–Crippen LogP) is 0.897. The molecule has 0 bridgehead atoms. The first kappa shape index (κ1) is 14.6. The minimum atomic E-state index is -1.02. The highest BCUT2D eigenvalue weighted by molar-refractivity contribution is 5.76. The molecule has 0 amide bonds. The zero-order chi connectivity index (χ0) is 14.5. The SMILES string of the molecule is COc1ccc(COCC2CC(O)C(=O)O2)cc1OC. The molecule has 2 rings (SSSR count). The fourth-order valence-electron chi connectivity index (χ4n) is 2.02. The van der Waals surface area contributed by atoms with Gasteiger partial charge in [-0.3, -0.25) is 0 Å². The molecule has 6 heteroatoms. The third kappa shape index (κ3) is 3.40. The molecule has 2 unspecified atom stereocenters. The Bertz CT molecular complexity index is 473. The maximum Gasteiger partial charge on any atom is 0.335 e. The fourth-order valence-corrected chi connectivity index (χ4v) is 2.02. The van der Waals surface area contributed by atoms with Crippen LogP contribution in [0.2, 0.25) is 0 Å². The van der Waals surface area contributed by atoms with Crippen molar-refractivity contribution < 1.29 is 28.8 Å². The highest BCUT2D eigenvalue weighted by Gasteiger charge is 2.32. The summed E-state index contributed by atoms with van der Waals surface area (Å²) in [7, 11) is 3.15. The third-order valence-electron chi connectivity index (χ3n) is 3.06. The van der Waals surface area contributed by atoms with E-state index in [0.717, 1.165) is 5.56 Å². The van der Waals surface area contributed by atoms with Crippen LogP contribution in [0.4, 0.5) is 0 Å². The third-order valence-corrected chi connectivity index (χ3v) is 3.06. The van der Waals surface area contributed by atoms with Crippen molar-refractivity contribution in [3.05, 3.63) is 23.8 Å². The summed E-state index contributed by atoms with van der Waals surface area (Å²) in [5.41, 5.74) is 0.924. The summed E-state index contributed by atoms with van der Waals surface area (Å²) in [4.78, 5) is 11.0. The van der Waals surface area contributed by atoms with Gasteiger partial charge in [0.2, 0.25) is 0 Å². The highest BCUT2D eigenvalue weighted by Crippen LogP contribution is 2.27. The number of esters is 1. The maximum absolute atomic E-state index is 11.0. The summed E-state index contributed by atoms with van der Waals surface area (Å²) in [6.45, 7) is 0.627. The first-order valence-electron chi connectivity index (χ1n) is 6.31. The van der Waals surface area contributed by atoms with Crippen molar-refractivity contribution in [3.8, 4) is 11.5 Å². The van der Waals surface area contributed by atoms with Crippen molar-refractivity contribution in [1.29, 1.82) is 0 Å². The number of hydrogen-bond acceptors (Lipinski definition) is 6. The minimum absolute atomic E-state index is 0.261. The largest absolute Gasteiger partial charge is 0.493 e. The quantitative estimate of drug-likeness (QED) is 0.781. The Balaban J connectivity index is 1.84. The number of aliphatic hydroxyl groups is 1. The van der Waals surface area contributed by atoms with Crippen LogP contribution in [-0.4, -0.2) is 44.1 Å². The number of rotatable bonds is 6. The summed E-state index contributed by atoms with van der Waals surface area (Å²) < 4.78 is 20.8. The molecule has 20 heavy (non-hydrogen) atoms. The molecule has 0 aliphatic carbocycles. The van der Waals surface area contributed by atoms with Gasteiger partial charge in [-0.05, 0) is 17.7 Å². The zero-order valence-electron chi connectivity index (χ0n) is 11.5. The van der Waals surface area contributed by atoms with Crippen LogP contribution in [0, 0.1) is 0 Å². The van der Waals surface area contributed by atoms with Gasteiger partial charge in [-0.15, -0.1) is 0 Å². The summed E-state index contributed by atoms with van der Waals surface area (Å²) in [6, 6.07) is 5.50. The first-order valence-corrected chi connectivity index (χ1v) is 6.31. The van der Waals surface area contributed by atoms with E-state index in [1.54, 1.807) is 20.3 Å². The van der Waals surface area contributed by atoms with E-state index in [9.17, 15) is 9.90 Å². The van der Waals surface area contributed by atoms with Crippen LogP contribution in [-0.2, 0) is 20.9 Å². The van der Waals surface area contributed by atoms with E-state index in [0.29, 0.717) is 18.1 Å². The molecule has 110 valence electrons. The molecule has 0 radical (unpaired) electrons. The molecule has 6 nitrogen and oxygen atoms in total. The predicted molar refractivity (Wildman–Crippen MR) is 69.7 cm³/mol. The van der Waals surface area contributed by atoms with Gasteiger partial charge in [0, 0.05) is 6.42 Å². The van der Waals surface area contributed by atoms with Crippen LogP contribution >= 0.6 is 0 Å². The molecule has 1 aromatic carbocycles. The summed E-state index contributed by atoms with van der Waals surface area (Å²) in [5, 5.41) is 9.25. The topological polar surface area (TPSA) is 74.2 Å². The molecule has 1 saturated heterocycles. The van der Waals surface area contributed by atoms with Gasteiger partial charge in [-0.25, -0.2) is 4.79 Å². The van der Waals surface area contributed by atoms with Gasteiger partial charge in [0.1, 0.15) is 6.10 Å². The minimum Gasteiger partial charge on any atom is -0.493 e. The first-order chi connectivity index (χ1) is 9.63. The van der Waals surface area contributed by atoms with Gasteiger partial charge in [-0.1, -0.05) is 6.07 Å². The van der Waals surface area contributed by atoms with E-state index in [1.165, 1.54) is 0 Å². The number of benzene rings is 1. The second-order valence-electron chi connectivity index (χ2n) is 4.51. The zero-order valence-corrected chi connectivity index (χ0v) is 11.5. The van der Waals surface area contributed by atoms with Crippen LogP contribution in [0.25, 0.3) is 0 Å². The Hall–Kier alpha value is -1.79. The van der Waals surface area contributed by atoms with E-state index in [4.69, 9.17) is 18.9 Å². The molecular weight excluding hydrogens is 264 g/mol. The Morgan fingerprint density at radius 3 is 2.65 bits per heavy atom. The molecule has 2 atom stereocenters. The summed E-state index contributed by atoms with van der Waals surface area (Å²) in [5.74, 6) is 0.713. The second kappa shape index (κ2) is 6.58. The lowest BCUT2D eigenvalue weighted by Crippen LogP contribution is -2.15. The fraction of sp³-hybridized carbons (Fsp3) is 0.500. The van der Waals surface area contributed by atoms with Gasteiger partial charge < -0.3 is 24.1 Å². The molecule has 1 aliphatic rings. The van der Waals surface area contributed by atoms with E-state index < -0.39 is 12.1 Å². The van der Waals surface area contributed by atoms with Crippen molar-refractivity contribution in [2.75, 3.05) is 20.8 Å². The number of carbonyl (C=O) groups excluding carboxylic acids is 1. The van der Waals surface area contributed by atoms with E-state index >= 15 is 0 Å².